The fraction of sp³-hybridized carbons (Fsp3) is 0.182. The maximum atomic E-state index is 13.0. The van der Waals surface area contributed by atoms with Crippen LogP contribution in [0.2, 0.25) is 0 Å². The Bertz CT molecular complexity index is 921. The average Bonchev–Trinajstić information content (AvgIpc) is 3.40. The molecule has 3 aromatic rings. The fourth-order valence-electron chi connectivity index (χ4n) is 3.44. The largest absolute Gasteiger partial charge is 0.331 e. The van der Waals surface area contributed by atoms with Crippen molar-refractivity contribution >= 4 is 28.8 Å². The molecule has 0 radical (unpaired) electrons. The average molecular weight is 376 g/mol. The van der Waals surface area contributed by atoms with E-state index in [-0.39, 0.29) is 17.9 Å². The molecule has 2 aromatic carbocycles. The molecule has 5 heteroatoms. The Morgan fingerprint density at radius 2 is 1.70 bits per heavy atom. The van der Waals surface area contributed by atoms with Crippen LogP contribution in [0.1, 0.15) is 44.5 Å². The lowest BCUT2D eigenvalue weighted by atomic mass is 10.1. The Kier molecular flexibility index (Phi) is 5.03. The van der Waals surface area contributed by atoms with Crippen molar-refractivity contribution in [3.05, 3.63) is 88.1 Å². The number of rotatable bonds is 4. The minimum Gasteiger partial charge on any atom is -0.331 e. The molecule has 0 saturated carbocycles. The molecule has 136 valence electrons. The Balaban J connectivity index is 1.45. The molecule has 1 aliphatic heterocycles. The number of likely N-dealkylation sites (tertiary alicyclic amines) is 1. The van der Waals surface area contributed by atoms with Crippen molar-refractivity contribution in [3.8, 4) is 0 Å². The number of anilines is 1. The smallest absolute Gasteiger partial charge is 0.255 e. The molecule has 1 saturated heterocycles. The topological polar surface area (TPSA) is 49.4 Å². The molecule has 4 rings (SSSR count). The highest BCUT2D eigenvalue weighted by atomic mass is 32.1. The van der Waals surface area contributed by atoms with Crippen LogP contribution < -0.4 is 5.32 Å². The first-order chi connectivity index (χ1) is 13.2. The second-order valence-corrected chi connectivity index (χ2v) is 7.55. The third kappa shape index (κ3) is 3.78. The van der Waals surface area contributed by atoms with Crippen molar-refractivity contribution in [2.45, 2.75) is 18.9 Å². The predicted octanol–water partition coefficient (Wildman–Crippen LogP) is 4.98. The minimum absolute atomic E-state index is 0.0480. The van der Waals surface area contributed by atoms with E-state index in [9.17, 15) is 9.59 Å². The van der Waals surface area contributed by atoms with Gasteiger partial charge in [0.2, 0.25) is 0 Å². The van der Waals surface area contributed by atoms with Gasteiger partial charge in [-0.25, -0.2) is 0 Å². The Morgan fingerprint density at radius 1 is 0.926 bits per heavy atom. The summed E-state index contributed by atoms with van der Waals surface area (Å²) in [6.07, 6.45) is 2.04. The van der Waals surface area contributed by atoms with E-state index < -0.39 is 0 Å². The molecule has 0 spiro atoms. The van der Waals surface area contributed by atoms with Crippen molar-refractivity contribution < 1.29 is 9.59 Å². The van der Waals surface area contributed by atoms with Crippen LogP contribution in [0.3, 0.4) is 0 Å². The molecular formula is C22H20N2O2S. The maximum absolute atomic E-state index is 13.0. The second-order valence-electron chi connectivity index (χ2n) is 6.57. The maximum Gasteiger partial charge on any atom is 0.255 e. The van der Waals surface area contributed by atoms with Crippen LogP contribution >= 0.6 is 11.3 Å². The summed E-state index contributed by atoms with van der Waals surface area (Å²) in [5, 5.41) is 4.92. The van der Waals surface area contributed by atoms with Gasteiger partial charge in [-0.15, -0.1) is 11.3 Å². The van der Waals surface area contributed by atoms with E-state index in [1.165, 1.54) is 4.88 Å². The molecule has 1 aromatic heterocycles. The van der Waals surface area contributed by atoms with Crippen molar-refractivity contribution in [1.82, 2.24) is 4.90 Å². The highest BCUT2D eigenvalue weighted by Gasteiger charge is 2.31. The van der Waals surface area contributed by atoms with Crippen LogP contribution in [0.25, 0.3) is 0 Å². The third-order valence-electron chi connectivity index (χ3n) is 4.81. The van der Waals surface area contributed by atoms with Crippen molar-refractivity contribution in [3.63, 3.8) is 0 Å². The lowest BCUT2D eigenvalue weighted by molar-refractivity contribution is 0.0738. The number of benzene rings is 2. The number of hydrogen-bond acceptors (Lipinski definition) is 3. The number of nitrogens with zero attached hydrogens (tertiary/aromatic N) is 1. The molecule has 1 N–H and O–H groups in total. The molecule has 1 unspecified atom stereocenters. The number of carbonyl (C=O) groups excluding carboxylic acids is 2. The van der Waals surface area contributed by atoms with Crippen LogP contribution in [-0.4, -0.2) is 23.3 Å². The normalized spacial score (nSPS) is 16.3. The zero-order chi connectivity index (χ0) is 18.6. The fourth-order valence-corrected chi connectivity index (χ4v) is 4.31. The van der Waals surface area contributed by atoms with Gasteiger partial charge in [-0.3, -0.25) is 9.59 Å². The Morgan fingerprint density at radius 3 is 2.41 bits per heavy atom. The van der Waals surface area contributed by atoms with Gasteiger partial charge in [0.25, 0.3) is 11.8 Å². The number of nitrogens with one attached hydrogen (secondary N) is 1. The van der Waals surface area contributed by atoms with Gasteiger partial charge in [0, 0.05) is 28.2 Å². The van der Waals surface area contributed by atoms with Crippen molar-refractivity contribution in [1.29, 1.82) is 0 Å². The third-order valence-corrected chi connectivity index (χ3v) is 5.78. The highest BCUT2D eigenvalue weighted by molar-refractivity contribution is 7.10. The molecule has 0 aliphatic carbocycles. The van der Waals surface area contributed by atoms with Crippen LogP contribution in [0.4, 0.5) is 5.69 Å². The van der Waals surface area contributed by atoms with Gasteiger partial charge in [0.15, 0.2) is 0 Å². The summed E-state index contributed by atoms with van der Waals surface area (Å²) >= 11 is 1.70. The summed E-state index contributed by atoms with van der Waals surface area (Å²) in [7, 11) is 0. The van der Waals surface area contributed by atoms with Crippen LogP contribution in [-0.2, 0) is 0 Å². The number of hydrogen-bond donors (Lipinski definition) is 1. The standard InChI is InChI=1S/C22H20N2O2S/c25-21(16-6-2-1-3-7-16)23-18-12-10-17(11-13-18)22(26)24-14-4-8-19(24)20-9-5-15-27-20/h1-3,5-7,9-13,15,19H,4,8,14H2,(H,23,25). The van der Waals surface area contributed by atoms with Gasteiger partial charge in [0.1, 0.15) is 0 Å². The lowest BCUT2D eigenvalue weighted by Gasteiger charge is -2.24. The monoisotopic (exact) mass is 376 g/mol. The molecular weight excluding hydrogens is 356 g/mol. The van der Waals surface area contributed by atoms with Crippen molar-refractivity contribution in [2.75, 3.05) is 11.9 Å². The summed E-state index contributed by atoms with van der Waals surface area (Å²) in [4.78, 5) is 28.4. The quantitative estimate of drug-likeness (QED) is 0.698. The van der Waals surface area contributed by atoms with E-state index in [1.54, 1.807) is 47.7 Å². The molecule has 2 amide bonds. The molecule has 27 heavy (non-hydrogen) atoms. The van der Waals surface area contributed by atoms with Crippen molar-refractivity contribution in [2.24, 2.45) is 0 Å². The predicted molar refractivity (Wildman–Crippen MR) is 108 cm³/mol. The van der Waals surface area contributed by atoms with Gasteiger partial charge in [-0.05, 0) is 60.7 Å². The van der Waals surface area contributed by atoms with Crippen LogP contribution in [0, 0.1) is 0 Å². The molecule has 1 fully saturated rings. The molecule has 0 bridgehead atoms. The van der Waals surface area contributed by atoms with Crippen LogP contribution in [0.5, 0.6) is 0 Å². The summed E-state index contributed by atoms with van der Waals surface area (Å²) in [6.45, 7) is 0.786. The van der Waals surface area contributed by atoms with Gasteiger partial charge >= 0.3 is 0 Å². The van der Waals surface area contributed by atoms with E-state index in [2.05, 4.69) is 16.8 Å². The van der Waals surface area contributed by atoms with E-state index in [0.29, 0.717) is 16.8 Å². The van der Waals surface area contributed by atoms with Gasteiger partial charge in [-0.2, -0.15) is 0 Å². The highest BCUT2D eigenvalue weighted by Crippen LogP contribution is 2.35. The molecule has 2 heterocycles. The molecule has 4 nitrogen and oxygen atoms in total. The first-order valence-electron chi connectivity index (χ1n) is 9.03. The van der Waals surface area contributed by atoms with Gasteiger partial charge in [-0.1, -0.05) is 24.3 Å². The SMILES string of the molecule is O=C(Nc1ccc(C(=O)N2CCCC2c2cccs2)cc1)c1ccccc1. The number of amides is 2. The van der Waals surface area contributed by atoms with E-state index in [1.807, 2.05) is 29.2 Å². The summed E-state index contributed by atoms with van der Waals surface area (Å²) in [5.41, 5.74) is 1.93. The lowest BCUT2D eigenvalue weighted by Crippen LogP contribution is -2.30. The molecule has 1 aliphatic rings. The number of carbonyl (C=O) groups is 2. The van der Waals surface area contributed by atoms with Crippen LogP contribution in [0.15, 0.2) is 72.1 Å². The first kappa shape index (κ1) is 17.5. The summed E-state index contributed by atoms with van der Waals surface area (Å²) < 4.78 is 0. The van der Waals surface area contributed by atoms with E-state index in [4.69, 9.17) is 0 Å². The number of thiophene rings is 1. The van der Waals surface area contributed by atoms with Gasteiger partial charge < -0.3 is 10.2 Å². The van der Waals surface area contributed by atoms with E-state index in [0.717, 1.165) is 19.4 Å². The summed E-state index contributed by atoms with van der Waals surface area (Å²) in [5.74, 6) is -0.112. The Hall–Kier alpha value is -2.92. The zero-order valence-electron chi connectivity index (χ0n) is 14.8. The minimum atomic E-state index is -0.160. The zero-order valence-corrected chi connectivity index (χ0v) is 15.6. The van der Waals surface area contributed by atoms with Gasteiger partial charge in [0.05, 0.1) is 6.04 Å². The summed E-state index contributed by atoms with van der Waals surface area (Å²) in [6, 6.07) is 20.5. The first-order valence-corrected chi connectivity index (χ1v) is 9.91. The van der Waals surface area contributed by atoms with E-state index >= 15 is 0 Å². The Labute approximate surface area is 162 Å². The second kappa shape index (κ2) is 7.76. The molecule has 1 atom stereocenters.